The molecule has 3 unspecified atom stereocenters. The number of allylic oxidation sites excluding steroid dienone is 2. The number of benzene rings is 2. The number of nitrogens with zero attached hydrogens (tertiary/aromatic N) is 4. The molecule has 0 bridgehead atoms. The summed E-state index contributed by atoms with van der Waals surface area (Å²) in [7, 11) is 1.56. The zero-order chi connectivity index (χ0) is 38.3. The fourth-order valence-corrected chi connectivity index (χ4v) is 8.97. The summed E-state index contributed by atoms with van der Waals surface area (Å²) in [5.41, 5.74) is 7.49. The maximum absolute atomic E-state index is 13.8. The van der Waals surface area contributed by atoms with Crippen LogP contribution >= 0.6 is 11.6 Å². The first-order chi connectivity index (χ1) is 26.7. The third-order valence-electron chi connectivity index (χ3n) is 11.2. The van der Waals surface area contributed by atoms with Crippen LogP contribution in [-0.2, 0) is 23.1 Å². The normalized spacial score (nSPS) is 22.5. The van der Waals surface area contributed by atoms with E-state index < -0.39 is 17.3 Å². The topological polar surface area (TPSA) is 149 Å². The van der Waals surface area contributed by atoms with E-state index >= 15 is 0 Å². The van der Waals surface area contributed by atoms with Gasteiger partial charge in [-0.15, -0.1) is 4.72 Å². The van der Waals surface area contributed by atoms with Crippen molar-refractivity contribution < 1.29 is 29.1 Å². The second-order valence-electron chi connectivity index (χ2n) is 15.0. The highest BCUT2D eigenvalue weighted by Crippen LogP contribution is 2.33. The van der Waals surface area contributed by atoms with Gasteiger partial charge in [0.05, 0.1) is 23.9 Å². The molecule has 3 fully saturated rings. The number of hydrogen-bond acceptors (Lipinski definition) is 8. The second-order valence-corrected chi connectivity index (χ2v) is 16.8. The van der Waals surface area contributed by atoms with Crippen LogP contribution in [0.2, 0.25) is 5.02 Å². The quantitative estimate of drug-likeness (QED) is 0.157. The van der Waals surface area contributed by atoms with Crippen molar-refractivity contribution in [2.24, 2.45) is 18.9 Å². The minimum absolute atomic E-state index is 0.0724. The van der Waals surface area contributed by atoms with E-state index in [0.717, 1.165) is 87.9 Å². The third kappa shape index (κ3) is 10.0. The number of amides is 1. The van der Waals surface area contributed by atoms with E-state index in [-0.39, 0.29) is 28.7 Å². The summed E-state index contributed by atoms with van der Waals surface area (Å²) in [6, 6.07) is 15.4. The van der Waals surface area contributed by atoms with Gasteiger partial charge in [-0.05, 0) is 74.4 Å². The van der Waals surface area contributed by atoms with Crippen molar-refractivity contribution >= 4 is 40.8 Å². The van der Waals surface area contributed by atoms with Gasteiger partial charge in [0.15, 0.2) is 11.8 Å². The van der Waals surface area contributed by atoms with Crippen molar-refractivity contribution in [2.45, 2.75) is 63.5 Å². The first-order valence-corrected chi connectivity index (χ1v) is 21.0. The standard InChI is InChI=1S/C41H51ClN7O5S/c1-47-40(50)23-33(26-45-47)54-39-22-32(48-18-13-29(14-19-48)27-49-17-3-2-4-38(49)30-5-7-31(42)8-6-30)9-11-35(39)41(51)46-55(52)34-10-12-37(36(43)24-34)44-25-28-15-20-53-21-16-28/h5-12,22-23,26-29,36,38,44,52H,2-4,13-21,24-25,43H2,1H3/q+1/p+2. The summed E-state index contributed by atoms with van der Waals surface area (Å²) in [6.07, 6.45) is 15.9. The number of nitrogens with one attached hydrogen (secondary N) is 2. The Morgan fingerprint density at radius 2 is 1.87 bits per heavy atom. The fraction of sp³-hybridized carbons (Fsp3) is 0.463. The number of anilines is 1. The summed E-state index contributed by atoms with van der Waals surface area (Å²) in [5.74, 6) is 1.05. The number of aryl methyl sites for hydroxylation is 1. The minimum atomic E-state index is -1.54. The number of piperidine rings is 2. The van der Waals surface area contributed by atoms with Gasteiger partial charge < -0.3 is 25.4 Å². The number of aromatic nitrogens is 2. The maximum atomic E-state index is 13.8. The first kappa shape index (κ1) is 39.1. The molecule has 3 aromatic rings. The summed E-state index contributed by atoms with van der Waals surface area (Å²) in [4.78, 5) is 29.2. The highest BCUT2D eigenvalue weighted by Gasteiger charge is 2.35. The molecule has 1 aromatic heterocycles. The largest absolute Gasteiger partial charge is 0.455 e. The van der Waals surface area contributed by atoms with E-state index in [1.54, 1.807) is 13.1 Å². The van der Waals surface area contributed by atoms with Gasteiger partial charge in [0.2, 0.25) is 4.91 Å². The van der Waals surface area contributed by atoms with Crippen molar-refractivity contribution in [3.05, 3.63) is 104 Å². The molecule has 0 radical (unpaired) electrons. The summed E-state index contributed by atoms with van der Waals surface area (Å²) in [6.45, 7) is 5.22. The van der Waals surface area contributed by atoms with Crippen molar-refractivity contribution in [3.8, 4) is 11.5 Å². The van der Waals surface area contributed by atoms with Crippen LogP contribution < -0.4 is 31.0 Å². The van der Waals surface area contributed by atoms with Gasteiger partial charge in [0.1, 0.15) is 24.6 Å². The first-order valence-electron chi connectivity index (χ1n) is 19.5. The van der Waals surface area contributed by atoms with Gasteiger partial charge in [-0.2, -0.15) is 9.65 Å². The Bertz CT molecular complexity index is 1970. The molecule has 1 aliphatic carbocycles. The monoisotopic (exact) mass is 790 g/mol. The molecule has 55 heavy (non-hydrogen) atoms. The van der Waals surface area contributed by atoms with E-state index in [2.05, 4.69) is 48.7 Å². The predicted molar refractivity (Wildman–Crippen MR) is 217 cm³/mol. The molecule has 3 atom stereocenters. The zero-order valence-corrected chi connectivity index (χ0v) is 33.1. The van der Waals surface area contributed by atoms with Gasteiger partial charge in [-0.25, -0.2) is 9.26 Å². The van der Waals surface area contributed by atoms with Crippen LogP contribution in [-0.4, -0.2) is 76.5 Å². The Labute approximate surface area is 330 Å². The lowest BCUT2D eigenvalue weighted by Gasteiger charge is -2.32. The molecular formula is C41H53ClN7O5S+3. The molecule has 3 saturated heterocycles. The highest BCUT2D eigenvalue weighted by atomic mass is 35.5. The third-order valence-corrected chi connectivity index (χ3v) is 12.6. The average molecular weight is 791 g/mol. The minimum Gasteiger partial charge on any atom is -0.455 e. The van der Waals surface area contributed by atoms with Crippen molar-refractivity contribution in [1.82, 2.24) is 19.8 Å². The molecular weight excluding hydrogens is 738 g/mol. The van der Waals surface area contributed by atoms with Crippen LogP contribution in [0.4, 0.5) is 5.69 Å². The molecule has 14 heteroatoms. The van der Waals surface area contributed by atoms with Gasteiger partial charge in [-0.3, -0.25) is 9.59 Å². The van der Waals surface area contributed by atoms with Crippen molar-refractivity contribution in [3.63, 3.8) is 0 Å². The number of hydrogen-bond donors (Lipinski definition) is 4. The van der Waals surface area contributed by atoms with Crippen LogP contribution in [0.5, 0.6) is 11.5 Å². The lowest BCUT2D eigenvalue weighted by Crippen LogP contribution is -2.64. The molecule has 3 aliphatic heterocycles. The number of halogens is 1. The van der Waals surface area contributed by atoms with Crippen LogP contribution in [0.15, 0.2) is 82.3 Å². The molecule has 2 aromatic carbocycles. The number of carbonyl (C=O) groups excluding carboxylic acids is 1. The van der Waals surface area contributed by atoms with Crippen LogP contribution in [0.25, 0.3) is 0 Å². The predicted octanol–water partition coefficient (Wildman–Crippen LogP) is 4.99. The SMILES string of the molecule is Cn1ncc(Oc2cc(N3CCC(C=[N+]4CCCCC4c4ccc(Cl)cc4)CC3)ccc2C(=O)N[S+](O)C2=CC=C(NCC3CCOCC3)C([NH3+])C2)cc1=O. The van der Waals surface area contributed by atoms with Gasteiger partial charge in [-0.1, -0.05) is 23.7 Å². The molecule has 6 N–H and O–H groups in total. The van der Waals surface area contributed by atoms with Gasteiger partial charge >= 0.3 is 11.4 Å². The fourth-order valence-electron chi connectivity index (χ4n) is 7.88. The van der Waals surface area contributed by atoms with E-state index in [9.17, 15) is 14.1 Å². The summed E-state index contributed by atoms with van der Waals surface area (Å²) < 4.78 is 29.4. The smallest absolute Gasteiger partial charge is 0.302 e. The van der Waals surface area contributed by atoms with Gasteiger partial charge in [0.25, 0.3) is 11.5 Å². The Balaban J connectivity index is 1.04. The number of carbonyl (C=O) groups is 1. The Morgan fingerprint density at radius 1 is 1.09 bits per heavy atom. The van der Waals surface area contributed by atoms with Crippen LogP contribution in [0.3, 0.4) is 0 Å². The molecule has 292 valence electrons. The molecule has 1 amide bonds. The number of rotatable bonds is 11. The summed E-state index contributed by atoms with van der Waals surface area (Å²) >= 11 is 4.65. The van der Waals surface area contributed by atoms with E-state index in [1.807, 2.05) is 36.4 Å². The van der Waals surface area contributed by atoms with Crippen LogP contribution in [0, 0.1) is 11.8 Å². The van der Waals surface area contributed by atoms with E-state index in [1.165, 1.54) is 35.4 Å². The Kier molecular flexibility index (Phi) is 12.9. The molecule has 4 heterocycles. The summed E-state index contributed by atoms with van der Waals surface area (Å²) in [5, 5.41) is 8.40. The lowest BCUT2D eigenvalue weighted by atomic mass is 9.93. The second kappa shape index (κ2) is 18.2. The lowest BCUT2D eigenvalue weighted by molar-refractivity contribution is -0.580. The molecule has 0 spiro atoms. The van der Waals surface area contributed by atoms with E-state index in [0.29, 0.717) is 29.2 Å². The molecule has 4 aliphatic rings. The Hall–Kier alpha value is -4.14. The maximum Gasteiger partial charge on any atom is 0.302 e. The Morgan fingerprint density at radius 3 is 2.62 bits per heavy atom. The van der Waals surface area contributed by atoms with E-state index in [4.69, 9.17) is 21.1 Å². The van der Waals surface area contributed by atoms with Crippen molar-refractivity contribution in [1.29, 1.82) is 0 Å². The average Bonchev–Trinajstić information content (AvgIpc) is 3.20. The number of quaternary nitrogens is 1. The number of ether oxygens (including phenoxy) is 2. The van der Waals surface area contributed by atoms with Crippen LogP contribution in [0.1, 0.15) is 73.3 Å². The van der Waals surface area contributed by atoms with Gasteiger partial charge in [0, 0.05) is 87.1 Å². The molecule has 0 saturated carbocycles. The molecule has 12 nitrogen and oxygen atoms in total. The van der Waals surface area contributed by atoms with Crippen molar-refractivity contribution in [2.75, 3.05) is 44.3 Å². The zero-order valence-electron chi connectivity index (χ0n) is 31.5. The molecule has 7 rings (SSSR count). The highest BCUT2D eigenvalue weighted by molar-refractivity contribution is 7.94.